The molecule has 2 aromatic rings. The number of nitrogens with zero attached hydrogens (tertiary/aromatic N) is 3. The monoisotopic (exact) mass is 422 g/mol. The Morgan fingerprint density at radius 3 is 2.93 bits per heavy atom. The van der Waals surface area contributed by atoms with Crippen LogP contribution in [0.15, 0.2) is 30.6 Å². The Morgan fingerprint density at radius 2 is 2.20 bits per heavy atom. The van der Waals surface area contributed by atoms with E-state index in [1.165, 1.54) is 17.4 Å². The molecule has 30 heavy (non-hydrogen) atoms. The zero-order valence-corrected chi connectivity index (χ0v) is 17.3. The maximum Gasteiger partial charge on any atom is 0.410 e. The van der Waals surface area contributed by atoms with Crippen molar-refractivity contribution in [1.82, 2.24) is 9.88 Å². The first-order valence-electron chi connectivity index (χ1n) is 10.0. The van der Waals surface area contributed by atoms with Gasteiger partial charge in [0.25, 0.3) is 0 Å². The van der Waals surface area contributed by atoms with Gasteiger partial charge in [-0.3, -0.25) is 9.78 Å². The number of pyridine rings is 1. The first kappa shape index (κ1) is 20.1. The van der Waals surface area contributed by atoms with Crippen molar-refractivity contribution in [3.8, 4) is 6.07 Å². The molecule has 0 saturated carbocycles. The SMILES string of the molecule is N#Cc1c(NC(=O)/C=C/c2cccnc2)sc2c1CCC(OC(=O)N1CCCC1)C2. The van der Waals surface area contributed by atoms with Crippen LogP contribution in [0.4, 0.5) is 9.80 Å². The average molecular weight is 423 g/mol. The number of carbonyl (C=O) groups is 2. The van der Waals surface area contributed by atoms with Gasteiger partial charge in [-0.15, -0.1) is 11.3 Å². The first-order valence-corrected chi connectivity index (χ1v) is 10.8. The molecule has 1 atom stereocenters. The number of nitrogens with one attached hydrogen (secondary N) is 1. The van der Waals surface area contributed by atoms with Crippen LogP contribution in [0, 0.1) is 11.3 Å². The Bertz CT molecular complexity index is 1000. The summed E-state index contributed by atoms with van der Waals surface area (Å²) >= 11 is 1.39. The van der Waals surface area contributed by atoms with Gasteiger partial charge < -0.3 is 15.0 Å². The van der Waals surface area contributed by atoms with Gasteiger partial charge >= 0.3 is 6.09 Å². The van der Waals surface area contributed by atoms with Crippen molar-refractivity contribution in [1.29, 1.82) is 5.26 Å². The molecule has 1 saturated heterocycles. The largest absolute Gasteiger partial charge is 0.446 e. The highest BCUT2D eigenvalue weighted by Gasteiger charge is 2.30. The lowest BCUT2D eigenvalue weighted by Crippen LogP contribution is -2.34. The van der Waals surface area contributed by atoms with Gasteiger partial charge in [-0.1, -0.05) is 6.07 Å². The summed E-state index contributed by atoms with van der Waals surface area (Å²) in [5.41, 5.74) is 2.30. The van der Waals surface area contributed by atoms with E-state index in [1.807, 2.05) is 6.07 Å². The molecule has 4 rings (SSSR count). The van der Waals surface area contributed by atoms with Crippen molar-refractivity contribution in [3.05, 3.63) is 52.2 Å². The van der Waals surface area contributed by atoms with Crippen LogP contribution in [0.5, 0.6) is 0 Å². The molecule has 0 spiro atoms. The molecular formula is C22H22N4O3S. The number of likely N-dealkylation sites (tertiary alicyclic amines) is 1. The number of ether oxygens (including phenoxy) is 1. The number of anilines is 1. The second-order valence-electron chi connectivity index (χ2n) is 7.37. The first-order chi connectivity index (χ1) is 14.6. The predicted octanol–water partition coefficient (Wildman–Crippen LogP) is 3.76. The summed E-state index contributed by atoms with van der Waals surface area (Å²) in [6.45, 7) is 1.52. The molecular weight excluding hydrogens is 400 g/mol. The Labute approximate surface area is 179 Å². The lowest BCUT2D eigenvalue weighted by molar-refractivity contribution is -0.111. The van der Waals surface area contributed by atoms with Crippen LogP contribution < -0.4 is 5.32 Å². The maximum absolute atomic E-state index is 12.3. The van der Waals surface area contributed by atoms with Crippen LogP contribution in [-0.2, 0) is 22.4 Å². The minimum atomic E-state index is -0.300. The minimum absolute atomic E-state index is 0.190. The van der Waals surface area contributed by atoms with E-state index >= 15 is 0 Å². The minimum Gasteiger partial charge on any atom is -0.446 e. The summed E-state index contributed by atoms with van der Waals surface area (Å²) in [6.07, 6.45) is 9.98. The number of rotatable bonds is 4. The molecule has 0 radical (unpaired) electrons. The van der Waals surface area contributed by atoms with E-state index in [2.05, 4.69) is 16.4 Å². The van der Waals surface area contributed by atoms with Gasteiger partial charge in [0.05, 0.1) is 5.56 Å². The van der Waals surface area contributed by atoms with Gasteiger partial charge in [0.2, 0.25) is 5.91 Å². The summed E-state index contributed by atoms with van der Waals surface area (Å²) in [5.74, 6) is -0.300. The molecule has 2 aliphatic rings. The second-order valence-corrected chi connectivity index (χ2v) is 8.48. The number of fused-ring (bicyclic) bond motifs is 1. The molecule has 1 aliphatic heterocycles. The van der Waals surface area contributed by atoms with Crippen molar-refractivity contribution in [2.45, 2.75) is 38.2 Å². The summed E-state index contributed by atoms with van der Waals surface area (Å²) in [7, 11) is 0. The highest BCUT2D eigenvalue weighted by molar-refractivity contribution is 7.16. The summed E-state index contributed by atoms with van der Waals surface area (Å²) in [4.78, 5) is 31.4. The smallest absolute Gasteiger partial charge is 0.410 e. The fourth-order valence-electron chi connectivity index (χ4n) is 3.78. The average Bonchev–Trinajstić information content (AvgIpc) is 3.40. The van der Waals surface area contributed by atoms with E-state index in [1.54, 1.807) is 29.4 Å². The number of nitriles is 1. The molecule has 1 fully saturated rings. The Kier molecular flexibility index (Phi) is 6.10. The third kappa shape index (κ3) is 4.52. The van der Waals surface area contributed by atoms with E-state index < -0.39 is 0 Å². The Morgan fingerprint density at radius 1 is 1.37 bits per heavy atom. The third-order valence-corrected chi connectivity index (χ3v) is 6.48. The molecule has 1 unspecified atom stereocenters. The van der Waals surface area contributed by atoms with Crippen LogP contribution in [0.2, 0.25) is 0 Å². The second kappa shape index (κ2) is 9.09. The van der Waals surface area contributed by atoms with Crippen LogP contribution in [-0.4, -0.2) is 41.1 Å². The van der Waals surface area contributed by atoms with Crippen LogP contribution in [0.25, 0.3) is 6.08 Å². The fraction of sp³-hybridized carbons (Fsp3) is 0.364. The van der Waals surface area contributed by atoms with E-state index in [0.717, 1.165) is 41.9 Å². The molecule has 8 heteroatoms. The van der Waals surface area contributed by atoms with Crippen LogP contribution >= 0.6 is 11.3 Å². The van der Waals surface area contributed by atoms with E-state index in [9.17, 15) is 14.9 Å². The standard InChI is InChI=1S/C22H22N4O3S/c23-13-18-17-7-6-16(29-22(28)26-10-1-2-11-26)12-19(17)30-21(18)25-20(27)8-5-15-4-3-9-24-14-15/h3-5,8-9,14,16H,1-2,6-7,10-12H2,(H,25,27)/b8-5+. The van der Waals surface area contributed by atoms with E-state index in [-0.39, 0.29) is 18.1 Å². The van der Waals surface area contributed by atoms with Gasteiger partial charge in [0.15, 0.2) is 0 Å². The van der Waals surface area contributed by atoms with Crippen molar-refractivity contribution < 1.29 is 14.3 Å². The van der Waals surface area contributed by atoms with E-state index in [4.69, 9.17) is 4.74 Å². The molecule has 1 N–H and O–H groups in total. The molecule has 7 nitrogen and oxygen atoms in total. The van der Waals surface area contributed by atoms with Gasteiger partial charge in [0, 0.05) is 42.9 Å². The molecule has 0 bridgehead atoms. The van der Waals surface area contributed by atoms with Crippen molar-refractivity contribution in [3.63, 3.8) is 0 Å². The molecule has 2 aromatic heterocycles. The van der Waals surface area contributed by atoms with Crippen molar-refractivity contribution in [2.24, 2.45) is 0 Å². The quantitative estimate of drug-likeness (QED) is 0.757. The maximum atomic E-state index is 12.3. The Hall–Kier alpha value is -3.18. The lowest BCUT2D eigenvalue weighted by Gasteiger charge is -2.25. The fourth-order valence-corrected chi connectivity index (χ4v) is 5.04. The topological polar surface area (TPSA) is 95.3 Å². The Balaban J connectivity index is 1.42. The molecule has 0 aromatic carbocycles. The molecule has 2 amide bonds. The van der Waals surface area contributed by atoms with E-state index in [0.29, 0.717) is 29.8 Å². The van der Waals surface area contributed by atoms with Crippen molar-refractivity contribution in [2.75, 3.05) is 18.4 Å². The zero-order chi connectivity index (χ0) is 20.9. The molecule has 1 aliphatic carbocycles. The third-order valence-electron chi connectivity index (χ3n) is 5.31. The molecule has 3 heterocycles. The van der Waals surface area contributed by atoms with Crippen molar-refractivity contribution >= 4 is 34.4 Å². The zero-order valence-electron chi connectivity index (χ0n) is 16.5. The van der Waals surface area contributed by atoms with Gasteiger partial charge in [-0.2, -0.15) is 5.26 Å². The number of hydrogen-bond acceptors (Lipinski definition) is 6. The predicted molar refractivity (Wildman–Crippen MR) is 114 cm³/mol. The van der Waals surface area contributed by atoms with Gasteiger partial charge in [0.1, 0.15) is 17.2 Å². The number of thiophene rings is 1. The normalized spacial score (nSPS) is 18.1. The van der Waals surface area contributed by atoms with Crippen LogP contribution in [0.1, 0.15) is 40.8 Å². The van der Waals surface area contributed by atoms with Crippen LogP contribution in [0.3, 0.4) is 0 Å². The molecule has 154 valence electrons. The highest BCUT2D eigenvalue weighted by atomic mass is 32.1. The number of carbonyl (C=O) groups excluding carboxylic acids is 2. The summed E-state index contributed by atoms with van der Waals surface area (Å²) in [5, 5.41) is 13.0. The lowest BCUT2D eigenvalue weighted by atomic mass is 9.94. The highest BCUT2D eigenvalue weighted by Crippen LogP contribution is 2.38. The number of amides is 2. The summed E-state index contributed by atoms with van der Waals surface area (Å²) < 4.78 is 5.69. The number of hydrogen-bond donors (Lipinski definition) is 1. The van der Waals surface area contributed by atoms with Gasteiger partial charge in [-0.05, 0) is 49.0 Å². The van der Waals surface area contributed by atoms with Gasteiger partial charge in [-0.25, -0.2) is 4.79 Å². The number of aromatic nitrogens is 1. The summed E-state index contributed by atoms with van der Waals surface area (Å²) in [6, 6.07) is 5.88.